The fourth-order valence-corrected chi connectivity index (χ4v) is 4.94. The van der Waals surface area contributed by atoms with Crippen LogP contribution in [0.25, 0.3) is 0 Å². The molecular formula is C12H11BrFNO3S2. The molecule has 0 spiro atoms. The van der Waals surface area contributed by atoms with Crippen LogP contribution in [0.1, 0.15) is 10.4 Å². The molecule has 2 rings (SSSR count). The molecule has 4 nitrogen and oxygen atoms in total. The highest BCUT2D eigenvalue weighted by Gasteiger charge is 2.23. The van der Waals surface area contributed by atoms with Gasteiger partial charge in [0.25, 0.3) is 10.0 Å². The number of aliphatic hydroxyl groups is 1. The molecule has 0 aliphatic rings. The van der Waals surface area contributed by atoms with Crippen LogP contribution in [0, 0.1) is 12.7 Å². The highest BCUT2D eigenvalue weighted by Crippen LogP contribution is 2.31. The van der Waals surface area contributed by atoms with E-state index in [1.807, 2.05) is 0 Å². The van der Waals surface area contributed by atoms with Gasteiger partial charge in [0.05, 0.1) is 17.2 Å². The smallest absolute Gasteiger partial charge is 0.263 e. The predicted molar refractivity (Wildman–Crippen MR) is 79.9 cm³/mol. The average molecular weight is 380 g/mol. The van der Waals surface area contributed by atoms with E-state index >= 15 is 0 Å². The van der Waals surface area contributed by atoms with Crippen LogP contribution in [0.5, 0.6) is 0 Å². The molecule has 0 saturated heterocycles. The molecule has 0 aliphatic heterocycles. The number of halogens is 2. The van der Waals surface area contributed by atoms with Gasteiger partial charge in [-0.1, -0.05) is 0 Å². The first-order chi connectivity index (χ1) is 9.35. The van der Waals surface area contributed by atoms with Crippen LogP contribution in [-0.4, -0.2) is 13.5 Å². The molecule has 108 valence electrons. The molecule has 1 aromatic heterocycles. The van der Waals surface area contributed by atoms with Crippen LogP contribution >= 0.6 is 27.3 Å². The summed E-state index contributed by atoms with van der Waals surface area (Å²) in [6.07, 6.45) is 0. The minimum Gasteiger partial charge on any atom is -0.391 e. The molecule has 1 heterocycles. The highest BCUT2D eigenvalue weighted by molar-refractivity contribution is 9.10. The van der Waals surface area contributed by atoms with Crippen molar-refractivity contribution in [3.63, 3.8) is 0 Å². The van der Waals surface area contributed by atoms with Crippen molar-refractivity contribution in [3.05, 3.63) is 44.3 Å². The van der Waals surface area contributed by atoms with Crippen molar-refractivity contribution in [2.75, 3.05) is 4.72 Å². The van der Waals surface area contributed by atoms with Gasteiger partial charge in [-0.2, -0.15) is 0 Å². The Morgan fingerprint density at radius 1 is 1.45 bits per heavy atom. The number of rotatable bonds is 4. The molecule has 2 N–H and O–H groups in total. The Kier molecular flexibility index (Phi) is 4.48. The van der Waals surface area contributed by atoms with Crippen LogP contribution in [-0.2, 0) is 16.6 Å². The maximum Gasteiger partial charge on any atom is 0.263 e. The molecule has 0 saturated carbocycles. The van der Waals surface area contributed by atoms with Crippen molar-refractivity contribution in [2.45, 2.75) is 18.4 Å². The van der Waals surface area contributed by atoms with E-state index in [-0.39, 0.29) is 17.2 Å². The Hall–Kier alpha value is -0.960. The van der Waals surface area contributed by atoms with Crippen LogP contribution in [0.3, 0.4) is 0 Å². The fraction of sp³-hybridized carbons (Fsp3) is 0.167. The third-order valence-electron chi connectivity index (χ3n) is 2.57. The summed E-state index contributed by atoms with van der Waals surface area (Å²) in [7, 11) is -3.88. The summed E-state index contributed by atoms with van der Waals surface area (Å²) in [6.45, 7) is 1.28. The summed E-state index contributed by atoms with van der Waals surface area (Å²) in [5, 5.41) is 10.9. The molecule has 0 unspecified atom stereocenters. The van der Waals surface area contributed by atoms with E-state index in [1.54, 1.807) is 12.3 Å². The lowest BCUT2D eigenvalue weighted by Crippen LogP contribution is -2.15. The SMILES string of the molecule is Cc1csc(CO)c1S(=O)(=O)Nc1cc(F)ccc1Br. The summed E-state index contributed by atoms with van der Waals surface area (Å²) in [6, 6.07) is 3.72. The van der Waals surface area contributed by atoms with Gasteiger partial charge in [0, 0.05) is 4.47 Å². The summed E-state index contributed by atoms with van der Waals surface area (Å²) in [4.78, 5) is 0.392. The lowest BCUT2D eigenvalue weighted by Gasteiger charge is -2.11. The van der Waals surface area contributed by atoms with E-state index in [4.69, 9.17) is 0 Å². The number of hydrogen-bond acceptors (Lipinski definition) is 4. The summed E-state index contributed by atoms with van der Waals surface area (Å²) < 4.78 is 40.7. The Morgan fingerprint density at radius 2 is 2.15 bits per heavy atom. The predicted octanol–water partition coefficient (Wildman–Crippen LogP) is 3.25. The second kappa shape index (κ2) is 5.80. The zero-order valence-electron chi connectivity index (χ0n) is 10.4. The fourth-order valence-electron chi connectivity index (χ4n) is 1.73. The van der Waals surface area contributed by atoms with Gasteiger partial charge in [-0.15, -0.1) is 11.3 Å². The van der Waals surface area contributed by atoms with Crippen LogP contribution < -0.4 is 4.72 Å². The number of aryl methyl sites for hydroxylation is 1. The Balaban J connectivity index is 2.46. The second-order valence-electron chi connectivity index (χ2n) is 4.06. The largest absolute Gasteiger partial charge is 0.391 e. The molecule has 0 bridgehead atoms. The first-order valence-corrected chi connectivity index (χ1v) is 8.66. The molecule has 2 aromatic rings. The average Bonchev–Trinajstić information content (AvgIpc) is 2.75. The highest BCUT2D eigenvalue weighted by atomic mass is 79.9. The number of nitrogens with one attached hydrogen (secondary N) is 1. The van der Waals surface area contributed by atoms with Crippen molar-refractivity contribution >= 4 is 43.0 Å². The van der Waals surface area contributed by atoms with Crippen LogP contribution in [0.2, 0.25) is 0 Å². The van der Waals surface area contributed by atoms with E-state index < -0.39 is 15.8 Å². The van der Waals surface area contributed by atoms with Crippen molar-refractivity contribution in [1.29, 1.82) is 0 Å². The first-order valence-electron chi connectivity index (χ1n) is 5.51. The third kappa shape index (κ3) is 3.03. The van der Waals surface area contributed by atoms with Crippen molar-refractivity contribution in [3.8, 4) is 0 Å². The number of aliphatic hydroxyl groups excluding tert-OH is 1. The Labute approximate surface area is 128 Å². The van der Waals surface area contributed by atoms with E-state index in [1.165, 1.54) is 23.5 Å². The first kappa shape index (κ1) is 15.4. The molecule has 0 fully saturated rings. The van der Waals surface area contributed by atoms with Crippen LogP contribution in [0.15, 0.2) is 32.9 Å². The van der Waals surface area contributed by atoms with Gasteiger partial charge in [0.15, 0.2) is 0 Å². The summed E-state index contributed by atoms with van der Waals surface area (Å²) >= 11 is 4.33. The third-order valence-corrected chi connectivity index (χ3v) is 6.08. The zero-order chi connectivity index (χ0) is 14.9. The minimum absolute atomic E-state index is 0.0427. The summed E-state index contributed by atoms with van der Waals surface area (Å²) in [5.74, 6) is -0.546. The lowest BCUT2D eigenvalue weighted by molar-refractivity contribution is 0.282. The van der Waals surface area contributed by atoms with Crippen LogP contribution in [0.4, 0.5) is 10.1 Å². The number of hydrogen-bond donors (Lipinski definition) is 2. The van der Waals surface area contributed by atoms with Crippen molar-refractivity contribution in [1.82, 2.24) is 0 Å². The number of anilines is 1. The van der Waals surface area contributed by atoms with E-state index in [0.29, 0.717) is 14.9 Å². The molecule has 20 heavy (non-hydrogen) atoms. The lowest BCUT2D eigenvalue weighted by atomic mass is 10.3. The van der Waals surface area contributed by atoms with Gasteiger partial charge in [-0.3, -0.25) is 4.72 Å². The van der Waals surface area contributed by atoms with Gasteiger partial charge < -0.3 is 5.11 Å². The van der Waals surface area contributed by atoms with Crippen molar-refractivity contribution < 1.29 is 17.9 Å². The van der Waals surface area contributed by atoms with Gasteiger partial charge in [-0.25, -0.2) is 12.8 Å². The molecule has 0 radical (unpaired) electrons. The van der Waals surface area contributed by atoms with E-state index in [0.717, 1.165) is 6.07 Å². The van der Waals surface area contributed by atoms with Crippen molar-refractivity contribution in [2.24, 2.45) is 0 Å². The maximum atomic E-state index is 13.2. The number of benzene rings is 1. The van der Waals surface area contributed by atoms with E-state index in [2.05, 4.69) is 20.7 Å². The van der Waals surface area contributed by atoms with Gasteiger partial charge >= 0.3 is 0 Å². The number of sulfonamides is 1. The monoisotopic (exact) mass is 379 g/mol. The molecule has 0 amide bonds. The number of thiophene rings is 1. The zero-order valence-corrected chi connectivity index (χ0v) is 13.6. The second-order valence-corrected chi connectivity index (χ2v) is 7.50. The molecule has 0 atom stereocenters. The maximum absolute atomic E-state index is 13.2. The molecule has 8 heteroatoms. The van der Waals surface area contributed by atoms with E-state index in [9.17, 15) is 17.9 Å². The topological polar surface area (TPSA) is 66.4 Å². The quantitative estimate of drug-likeness (QED) is 0.856. The molecular weight excluding hydrogens is 369 g/mol. The molecule has 1 aromatic carbocycles. The van der Waals surface area contributed by atoms with Gasteiger partial charge in [0.2, 0.25) is 0 Å². The minimum atomic E-state index is -3.88. The standard InChI is InChI=1S/C12H11BrFNO3S2/c1-7-6-19-11(5-16)12(7)20(17,18)15-10-4-8(14)2-3-9(10)13/h2-4,6,15-16H,5H2,1H3. The molecule has 0 aliphatic carbocycles. The van der Waals surface area contributed by atoms with Gasteiger partial charge in [0.1, 0.15) is 10.7 Å². The Bertz CT molecular complexity index is 743. The van der Waals surface area contributed by atoms with Gasteiger partial charge in [-0.05, 0) is 52.0 Å². The normalized spacial score (nSPS) is 11.6. The summed E-state index contributed by atoms with van der Waals surface area (Å²) in [5.41, 5.74) is 0.651. The Morgan fingerprint density at radius 3 is 2.80 bits per heavy atom.